The predicted molar refractivity (Wildman–Crippen MR) is 118 cm³/mol. The second-order valence-electron chi connectivity index (χ2n) is 7.79. The first-order valence-electron chi connectivity index (χ1n) is 10.5. The Morgan fingerprint density at radius 3 is 2.39 bits per heavy atom. The first kappa shape index (κ1) is 22.6. The maximum Gasteiger partial charge on any atom is 0.225 e. The lowest BCUT2D eigenvalue weighted by molar-refractivity contribution is 0.112. The lowest BCUT2D eigenvalue weighted by Gasteiger charge is -2.32. The minimum atomic E-state index is -0.532. The van der Waals surface area contributed by atoms with E-state index in [2.05, 4.69) is 28.4 Å². The van der Waals surface area contributed by atoms with E-state index in [4.69, 9.17) is 0 Å². The van der Waals surface area contributed by atoms with Crippen LogP contribution in [-0.4, -0.2) is 36.4 Å². The molecule has 1 aromatic carbocycles. The summed E-state index contributed by atoms with van der Waals surface area (Å²) < 4.78 is 30.1. The van der Waals surface area contributed by atoms with Gasteiger partial charge in [-0.1, -0.05) is 12.7 Å². The fourth-order valence-corrected chi connectivity index (χ4v) is 4.09. The average molecular weight is 427 g/mol. The van der Waals surface area contributed by atoms with Crippen LogP contribution in [0, 0.1) is 11.6 Å². The molecule has 0 amide bonds. The molecule has 1 unspecified atom stereocenters. The van der Waals surface area contributed by atoms with Crippen molar-refractivity contribution in [2.24, 2.45) is 0 Å². The summed E-state index contributed by atoms with van der Waals surface area (Å²) in [5.74, 6) is -0.896. The summed E-state index contributed by atoms with van der Waals surface area (Å²) in [5.41, 5.74) is 1.75. The van der Waals surface area contributed by atoms with Crippen LogP contribution >= 0.6 is 0 Å². The van der Waals surface area contributed by atoms with E-state index in [1.165, 1.54) is 24.5 Å². The molecule has 2 heterocycles. The van der Waals surface area contributed by atoms with Crippen LogP contribution in [0.25, 0.3) is 0 Å². The molecule has 0 radical (unpaired) electrons. The molecule has 31 heavy (non-hydrogen) atoms. The Bertz CT molecular complexity index is 914. The number of hydrogen-bond donors (Lipinski definition) is 1. The van der Waals surface area contributed by atoms with E-state index in [0.29, 0.717) is 55.0 Å². The average Bonchev–Trinajstić information content (AvgIpc) is 2.80. The van der Waals surface area contributed by atoms with Gasteiger partial charge in [-0.15, -0.1) is 6.58 Å². The van der Waals surface area contributed by atoms with E-state index in [9.17, 15) is 4.79 Å². The number of benzene rings is 1. The third-order valence-corrected chi connectivity index (χ3v) is 5.89. The molecular weight excluding hydrogens is 398 g/mol. The smallest absolute Gasteiger partial charge is 0.225 e. The molecule has 164 valence electrons. The number of hydrogen-bond acceptors (Lipinski definition) is 5. The van der Waals surface area contributed by atoms with Crippen LogP contribution in [0.15, 0.2) is 49.5 Å². The Kier molecular flexibility index (Phi) is 7.50. The molecule has 1 aromatic heterocycles. The normalized spacial score (nSPS) is 15.4. The molecule has 3 rings (SSSR count). The topological polar surface area (TPSA) is 58.1 Å². The van der Waals surface area contributed by atoms with Crippen molar-refractivity contribution < 1.29 is 13.6 Å². The van der Waals surface area contributed by atoms with Gasteiger partial charge in [-0.2, -0.15) is 0 Å². The first-order valence-corrected chi connectivity index (χ1v) is 10.5. The van der Waals surface area contributed by atoms with Crippen molar-refractivity contribution >= 4 is 12.2 Å². The number of rotatable bonds is 9. The Labute approximate surface area is 181 Å². The maximum atomic E-state index is 15.1. The molecule has 7 heteroatoms. The summed E-state index contributed by atoms with van der Waals surface area (Å²) in [7, 11) is 1.71. The van der Waals surface area contributed by atoms with Crippen molar-refractivity contribution in [3.05, 3.63) is 77.8 Å². The maximum absolute atomic E-state index is 15.1. The zero-order valence-corrected chi connectivity index (χ0v) is 17.8. The first-order chi connectivity index (χ1) is 15.0. The van der Waals surface area contributed by atoms with Crippen molar-refractivity contribution in [1.29, 1.82) is 0 Å². The van der Waals surface area contributed by atoms with E-state index < -0.39 is 17.6 Å². The van der Waals surface area contributed by atoms with Gasteiger partial charge in [0, 0.05) is 49.7 Å². The van der Waals surface area contributed by atoms with Gasteiger partial charge >= 0.3 is 0 Å². The van der Waals surface area contributed by atoms with E-state index in [1.807, 2.05) is 4.90 Å². The highest BCUT2D eigenvalue weighted by Gasteiger charge is 2.27. The van der Waals surface area contributed by atoms with E-state index >= 15 is 8.78 Å². The summed E-state index contributed by atoms with van der Waals surface area (Å²) in [4.78, 5) is 21.2. The minimum absolute atomic E-state index is 0.0580. The van der Waals surface area contributed by atoms with E-state index in [0.717, 1.165) is 12.8 Å². The van der Waals surface area contributed by atoms with Crippen LogP contribution < -0.4 is 10.2 Å². The standard InChI is InChI=1S/C24H28F2N4O/c1-4-5-6-20(16(2)27-3)23-21(25)11-19(12-22(23)26)18-7-9-30(10-8-18)24-28-13-17(15-31)14-29-24/h4,11-15,18,20,27H,1-2,5-10H2,3H3. The van der Waals surface area contributed by atoms with Gasteiger partial charge in [-0.3, -0.25) is 4.79 Å². The molecule has 1 fully saturated rings. The summed E-state index contributed by atoms with van der Waals surface area (Å²) in [5, 5.41) is 2.93. The molecule has 1 N–H and O–H groups in total. The Morgan fingerprint density at radius 2 is 1.87 bits per heavy atom. The number of allylic oxidation sites excluding steroid dienone is 2. The Hall–Kier alpha value is -3.09. The van der Waals surface area contributed by atoms with Gasteiger partial charge in [0.1, 0.15) is 11.6 Å². The highest BCUT2D eigenvalue weighted by atomic mass is 19.1. The SMILES string of the molecule is C=CCCC(C(=C)NC)c1c(F)cc(C2CCN(c3ncc(C=O)cn3)CC2)cc1F. The van der Waals surface area contributed by atoms with Crippen LogP contribution in [0.4, 0.5) is 14.7 Å². The van der Waals surface area contributed by atoms with Crippen molar-refractivity contribution in [2.45, 2.75) is 37.5 Å². The number of likely N-dealkylation sites (N-methyl/N-ethyl adjacent to an activating group) is 1. The molecule has 1 aliphatic heterocycles. The monoisotopic (exact) mass is 426 g/mol. The van der Waals surface area contributed by atoms with Crippen LogP contribution in [-0.2, 0) is 0 Å². The molecule has 0 saturated carbocycles. The summed E-state index contributed by atoms with van der Waals surface area (Å²) in [6.45, 7) is 8.98. The molecule has 1 atom stereocenters. The van der Waals surface area contributed by atoms with Gasteiger partial charge in [-0.05, 0) is 49.3 Å². The highest BCUT2D eigenvalue weighted by Crippen LogP contribution is 2.36. The quantitative estimate of drug-likeness (QED) is 0.464. The number of carbonyl (C=O) groups excluding carboxylic acids is 1. The van der Waals surface area contributed by atoms with E-state index in [1.54, 1.807) is 13.1 Å². The van der Waals surface area contributed by atoms with E-state index in [-0.39, 0.29) is 11.5 Å². The molecule has 0 aliphatic carbocycles. The molecule has 5 nitrogen and oxygen atoms in total. The summed E-state index contributed by atoms with van der Waals surface area (Å²) in [6.07, 6.45) is 8.08. The third-order valence-electron chi connectivity index (χ3n) is 5.89. The minimum Gasteiger partial charge on any atom is -0.391 e. The lowest BCUT2D eigenvalue weighted by Crippen LogP contribution is -2.34. The van der Waals surface area contributed by atoms with Crippen molar-refractivity contribution in [3.63, 3.8) is 0 Å². The van der Waals surface area contributed by atoms with Crippen LogP contribution in [0.3, 0.4) is 0 Å². The molecule has 1 saturated heterocycles. The highest BCUT2D eigenvalue weighted by molar-refractivity contribution is 5.73. The predicted octanol–water partition coefficient (Wildman–Crippen LogP) is 4.73. The fourth-order valence-electron chi connectivity index (χ4n) is 4.09. The van der Waals surface area contributed by atoms with Crippen LogP contribution in [0.1, 0.15) is 59.0 Å². The molecule has 0 bridgehead atoms. The van der Waals surface area contributed by atoms with Gasteiger partial charge < -0.3 is 10.2 Å². The van der Waals surface area contributed by atoms with Gasteiger partial charge in [-0.25, -0.2) is 18.7 Å². The zero-order valence-electron chi connectivity index (χ0n) is 17.8. The van der Waals surface area contributed by atoms with Gasteiger partial charge in [0.25, 0.3) is 0 Å². The summed E-state index contributed by atoms with van der Waals surface area (Å²) in [6, 6.07) is 2.94. The van der Waals surface area contributed by atoms with Crippen molar-refractivity contribution in [3.8, 4) is 0 Å². The Morgan fingerprint density at radius 1 is 1.26 bits per heavy atom. The number of anilines is 1. The second kappa shape index (κ2) is 10.3. The third kappa shape index (κ3) is 5.16. The zero-order chi connectivity index (χ0) is 22.4. The number of halogens is 2. The number of aldehydes is 1. The largest absolute Gasteiger partial charge is 0.391 e. The molecule has 2 aromatic rings. The number of nitrogens with one attached hydrogen (secondary N) is 1. The fraction of sp³-hybridized carbons (Fsp3) is 0.375. The number of carbonyl (C=O) groups is 1. The number of piperidine rings is 1. The summed E-state index contributed by atoms with van der Waals surface area (Å²) >= 11 is 0. The van der Waals surface area contributed by atoms with Crippen LogP contribution in [0.5, 0.6) is 0 Å². The van der Waals surface area contributed by atoms with Gasteiger partial charge in [0.2, 0.25) is 5.95 Å². The van der Waals surface area contributed by atoms with Gasteiger partial charge in [0.05, 0.1) is 5.56 Å². The van der Waals surface area contributed by atoms with Gasteiger partial charge in [0.15, 0.2) is 6.29 Å². The molecule has 1 aliphatic rings. The van der Waals surface area contributed by atoms with Crippen molar-refractivity contribution in [1.82, 2.24) is 15.3 Å². The second-order valence-corrected chi connectivity index (χ2v) is 7.79. The number of nitrogens with zero attached hydrogens (tertiary/aromatic N) is 3. The molecule has 0 spiro atoms. The van der Waals surface area contributed by atoms with Crippen LogP contribution in [0.2, 0.25) is 0 Å². The molecular formula is C24H28F2N4O. The Balaban J connectivity index is 1.74. The number of aromatic nitrogens is 2. The lowest BCUT2D eigenvalue weighted by atomic mass is 9.85. The van der Waals surface area contributed by atoms with Crippen molar-refractivity contribution in [2.75, 3.05) is 25.0 Å².